The SMILES string of the molecule is C=CCOc1ccc(CNc2ccc(C(N)=O)cc2)cc1. The Balaban J connectivity index is 1.90. The topological polar surface area (TPSA) is 64.3 Å². The van der Waals surface area contributed by atoms with E-state index in [1.807, 2.05) is 36.4 Å². The first kappa shape index (κ1) is 14.7. The van der Waals surface area contributed by atoms with E-state index in [0.717, 1.165) is 17.0 Å². The van der Waals surface area contributed by atoms with Crippen molar-refractivity contribution in [2.24, 2.45) is 5.73 Å². The lowest BCUT2D eigenvalue weighted by Gasteiger charge is -2.08. The van der Waals surface area contributed by atoms with Gasteiger partial charge in [-0.2, -0.15) is 0 Å². The highest BCUT2D eigenvalue weighted by Crippen LogP contribution is 2.14. The maximum Gasteiger partial charge on any atom is 0.248 e. The van der Waals surface area contributed by atoms with Crippen molar-refractivity contribution in [2.45, 2.75) is 6.54 Å². The van der Waals surface area contributed by atoms with Crippen LogP contribution in [0, 0.1) is 0 Å². The summed E-state index contributed by atoms with van der Waals surface area (Å²) >= 11 is 0. The summed E-state index contributed by atoms with van der Waals surface area (Å²) < 4.78 is 5.43. The number of primary amides is 1. The van der Waals surface area contributed by atoms with E-state index in [0.29, 0.717) is 18.7 Å². The monoisotopic (exact) mass is 282 g/mol. The summed E-state index contributed by atoms with van der Waals surface area (Å²) in [5, 5.41) is 3.28. The molecule has 0 aliphatic heterocycles. The largest absolute Gasteiger partial charge is 0.490 e. The Bertz CT molecular complexity index is 604. The quantitative estimate of drug-likeness (QED) is 0.767. The number of rotatable bonds is 7. The minimum absolute atomic E-state index is 0.420. The van der Waals surface area contributed by atoms with E-state index in [-0.39, 0.29) is 0 Å². The minimum atomic E-state index is -0.420. The van der Waals surface area contributed by atoms with Crippen LogP contribution in [0.3, 0.4) is 0 Å². The second kappa shape index (κ2) is 7.14. The molecule has 0 radical (unpaired) electrons. The van der Waals surface area contributed by atoms with E-state index in [1.165, 1.54) is 0 Å². The first-order valence-electron chi connectivity index (χ1n) is 6.65. The molecule has 2 rings (SSSR count). The van der Waals surface area contributed by atoms with Crippen molar-refractivity contribution in [1.82, 2.24) is 0 Å². The van der Waals surface area contributed by atoms with Crippen LogP contribution in [0.4, 0.5) is 5.69 Å². The van der Waals surface area contributed by atoms with Crippen molar-refractivity contribution in [3.05, 3.63) is 72.3 Å². The van der Waals surface area contributed by atoms with Gasteiger partial charge in [0.25, 0.3) is 0 Å². The van der Waals surface area contributed by atoms with E-state index in [4.69, 9.17) is 10.5 Å². The summed E-state index contributed by atoms with van der Waals surface area (Å²) in [6.07, 6.45) is 1.71. The van der Waals surface area contributed by atoms with Crippen LogP contribution in [0.5, 0.6) is 5.75 Å². The molecule has 4 heteroatoms. The first-order chi connectivity index (χ1) is 10.2. The van der Waals surface area contributed by atoms with E-state index in [2.05, 4.69) is 11.9 Å². The molecule has 0 saturated carbocycles. The zero-order valence-electron chi connectivity index (χ0n) is 11.7. The molecule has 2 aromatic rings. The summed E-state index contributed by atoms with van der Waals surface area (Å²) in [6.45, 7) is 4.81. The number of anilines is 1. The maximum atomic E-state index is 11.0. The molecule has 3 N–H and O–H groups in total. The number of hydrogen-bond donors (Lipinski definition) is 2. The van der Waals surface area contributed by atoms with Gasteiger partial charge in [-0.05, 0) is 42.0 Å². The second-order valence-corrected chi connectivity index (χ2v) is 4.54. The molecule has 108 valence electrons. The Morgan fingerprint density at radius 3 is 2.38 bits per heavy atom. The highest BCUT2D eigenvalue weighted by atomic mass is 16.5. The van der Waals surface area contributed by atoms with Gasteiger partial charge in [0.2, 0.25) is 5.91 Å². The van der Waals surface area contributed by atoms with Crippen molar-refractivity contribution in [1.29, 1.82) is 0 Å². The molecule has 0 spiro atoms. The Morgan fingerprint density at radius 2 is 1.81 bits per heavy atom. The lowest BCUT2D eigenvalue weighted by Crippen LogP contribution is -2.10. The van der Waals surface area contributed by atoms with Gasteiger partial charge in [0.1, 0.15) is 12.4 Å². The Labute approximate surface area is 124 Å². The molecule has 21 heavy (non-hydrogen) atoms. The predicted octanol–water partition coefficient (Wildman–Crippen LogP) is 2.96. The molecule has 0 aliphatic carbocycles. The fraction of sp³-hybridized carbons (Fsp3) is 0.118. The van der Waals surface area contributed by atoms with Crippen LogP contribution in [0.2, 0.25) is 0 Å². The fourth-order valence-electron chi connectivity index (χ4n) is 1.82. The van der Waals surface area contributed by atoms with Crippen molar-refractivity contribution in [3.8, 4) is 5.75 Å². The van der Waals surface area contributed by atoms with E-state index in [9.17, 15) is 4.79 Å². The van der Waals surface area contributed by atoms with Crippen LogP contribution in [-0.4, -0.2) is 12.5 Å². The highest BCUT2D eigenvalue weighted by Gasteiger charge is 2.00. The van der Waals surface area contributed by atoms with Gasteiger partial charge in [0.05, 0.1) is 0 Å². The second-order valence-electron chi connectivity index (χ2n) is 4.54. The zero-order valence-corrected chi connectivity index (χ0v) is 11.7. The number of benzene rings is 2. The molecular weight excluding hydrogens is 264 g/mol. The predicted molar refractivity (Wildman–Crippen MR) is 84.4 cm³/mol. The zero-order chi connectivity index (χ0) is 15.1. The van der Waals surface area contributed by atoms with Gasteiger partial charge < -0.3 is 15.8 Å². The lowest BCUT2D eigenvalue weighted by molar-refractivity contribution is 0.100. The van der Waals surface area contributed by atoms with Gasteiger partial charge in [0.15, 0.2) is 0 Å². The lowest BCUT2D eigenvalue weighted by atomic mass is 10.2. The summed E-state index contributed by atoms with van der Waals surface area (Å²) in [5.74, 6) is 0.404. The first-order valence-corrected chi connectivity index (χ1v) is 6.65. The van der Waals surface area contributed by atoms with E-state index < -0.39 is 5.91 Å². The van der Waals surface area contributed by atoms with Crippen LogP contribution in [-0.2, 0) is 6.54 Å². The summed E-state index contributed by atoms with van der Waals surface area (Å²) in [4.78, 5) is 11.0. The van der Waals surface area contributed by atoms with Gasteiger partial charge >= 0.3 is 0 Å². The summed E-state index contributed by atoms with van der Waals surface area (Å²) in [6, 6.07) is 14.9. The van der Waals surface area contributed by atoms with Crippen LogP contribution < -0.4 is 15.8 Å². The van der Waals surface area contributed by atoms with E-state index in [1.54, 1.807) is 18.2 Å². The van der Waals surface area contributed by atoms with Crippen LogP contribution in [0.25, 0.3) is 0 Å². The van der Waals surface area contributed by atoms with Gasteiger partial charge in [-0.3, -0.25) is 4.79 Å². The number of carbonyl (C=O) groups is 1. The average Bonchev–Trinajstić information content (AvgIpc) is 2.52. The number of amides is 1. The average molecular weight is 282 g/mol. The molecule has 0 saturated heterocycles. The molecule has 0 bridgehead atoms. The number of hydrogen-bond acceptors (Lipinski definition) is 3. The van der Waals surface area contributed by atoms with Crippen LogP contribution in [0.15, 0.2) is 61.2 Å². The minimum Gasteiger partial charge on any atom is -0.490 e. The molecule has 0 atom stereocenters. The third-order valence-electron chi connectivity index (χ3n) is 2.96. The Hall–Kier alpha value is -2.75. The summed E-state index contributed by atoms with van der Waals surface area (Å²) in [5.41, 5.74) is 7.78. The Morgan fingerprint density at radius 1 is 1.14 bits per heavy atom. The third kappa shape index (κ3) is 4.38. The van der Waals surface area contributed by atoms with Gasteiger partial charge in [-0.1, -0.05) is 24.8 Å². The van der Waals surface area contributed by atoms with Crippen LogP contribution >= 0.6 is 0 Å². The highest BCUT2D eigenvalue weighted by molar-refractivity contribution is 5.93. The number of nitrogens with two attached hydrogens (primary N) is 1. The molecule has 2 aromatic carbocycles. The molecule has 0 aromatic heterocycles. The standard InChI is InChI=1S/C17H18N2O2/c1-2-11-21-16-9-3-13(4-10-16)12-19-15-7-5-14(6-8-15)17(18)20/h2-10,19H,1,11-12H2,(H2,18,20). The summed E-state index contributed by atoms with van der Waals surface area (Å²) in [7, 11) is 0. The number of carbonyl (C=O) groups excluding carboxylic acids is 1. The molecule has 0 unspecified atom stereocenters. The van der Waals surface area contributed by atoms with Gasteiger partial charge in [-0.15, -0.1) is 0 Å². The van der Waals surface area contributed by atoms with Crippen molar-refractivity contribution in [3.63, 3.8) is 0 Å². The molecule has 0 aliphatic rings. The van der Waals surface area contributed by atoms with Gasteiger partial charge in [-0.25, -0.2) is 0 Å². The van der Waals surface area contributed by atoms with E-state index >= 15 is 0 Å². The number of nitrogens with one attached hydrogen (secondary N) is 1. The third-order valence-corrected chi connectivity index (χ3v) is 2.96. The van der Waals surface area contributed by atoms with Crippen LogP contribution in [0.1, 0.15) is 15.9 Å². The van der Waals surface area contributed by atoms with Crippen molar-refractivity contribution in [2.75, 3.05) is 11.9 Å². The van der Waals surface area contributed by atoms with Gasteiger partial charge in [0, 0.05) is 17.8 Å². The molecule has 0 heterocycles. The normalized spacial score (nSPS) is 9.90. The molecular formula is C17H18N2O2. The number of ether oxygens (including phenoxy) is 1. The smallest absolute Gasteiger partial charge is 0.248 e. The fourth-order valence-corrected chi connectivity index (χ4v) is 1.82. The van der Waals surface area contributed by atoms with Crippen molar-refractivity contribution < 1.29 is 9.53 Å². The molecule has 1 amide bonds. The molecule has 0 fully saturated rings. The Kier molecular flexibility index (Phi) is 4.99. The maximum absolute atomic E-state index is 11.0. The van der Waals surface area contributed by atoms with Crippen molar-refractivity contribution >= 4 is 11.6 Å². The molecule has 4 nitrogen and oxygen atoms in total.